The van der Waals surface area contributed by atoms with Gasteiger partial charge in [-0.3, -0.25) is 0 Å². The van der Waals surface area contributed by atoms with Crippen LogP contribution in [0.2, 0.25) is 5.28 Å². The lowest BCUT2D eigenvalue weighted by atomic mass is 10.1. The average molecular weight is 276 g/mol. The van der Waals surface area contributed by atoms with Crippen molar-refractivity contribution in [3.63, 3.8) is 0 Å². The third-order valence-corrected chi connectivity index (χ3v) is 4.59. The molecule has 0 bridgehead atoms. The highest BCUT2D eigenvalue weighted by Gasteiger charge is 2.26. The van der Waals surface area contributed by atoms with Gasteiger partial charge in [0, 0.05) is 6.04 Å². The molecule has 0 aliphatic heterocycles. The van der Waals surface area contributed by atoms with Crippen molar-refractivity contribution >= 4 is 21.6 Å². The van der Waals surface area contributed by atoms with Crippen LogP contribution >= 0.6 is 11.6 Å². The topological polar surface area (TPSA) is 72.0 Å². The highest BCUT2D eigenvalue weighted by molar-refractivity contribution is 7.89. The Morgan fingerprint density at radius 1 is 1.35 bits per heavy atom. The van der Waals surface area contributed by atoms with Crippen LogP contribution in [0.5, 0.6) is 0 Å². The molecule has 17 heavy (non-hydrogen) atoms. The highest BCUT2D eigenvalue weighted by Crippen LogP contribution is 2.25. The molecule has 2 atom stereocenters. The van der Waals surface area contributed by atoms with Crippen LogP contribution in [-0.4, -0.2) is 24.4 Å². The predicted molar refractivity (Wildman–Crippen MR) is 64.2 cm³/mol. The molecular formula is C10H14ClN3O2S. The second-order valence-electron chi connectivity index (χ2n) is 4.42. The largest absolute Gasteiger partial charge is 0.243 e. The predicted octanol–water partition coefficient (Wildman–Crippen LogP) is 1.60. The standard InChI is InChI=1S/C10H14ClN3O2S/c1-7-2-3-8(4-7)14-17(15,16)9-5-12-10(11)13-6-9/h5-8,14H,2-4H2,1H3. The molecule has 0 saturated heterocycles. The lowest BCUT2D eigenvalue weighted by Crippen LogP contribution is -2.33. The molecule has 94 valence electrons. The smallest absolute Gasteiger partial charge is 0.225 e. The number of nitrogens with zero attached hydrogens (tertiary/aromatic N) is 2. The zero-order valence-electron chi connectivity index (χ0n) is 9.43. The van der Waals surface area contributed by atoms with Crippen LogP contribution in [0.25, 0.3) is 0 Å². The average Bonchev–Trinajstić information content (AvgIpc) is 2.63. The van der Waals surface area contributed by atoms with Gasteiger partial charge < -0.3 is 0 Å². The molecule has 1 aliphatic rings. The van der Waals surface area contributed by atoms with Crippen molar-refractivity contribution in [1.29, 1.82) is 0 Å². The van der Waals surface area contributed by atoms with Crippen LogP contribution in [0.15, 0.2) is 17.3 Å². The molecule has 1 saturated carbocycles. The fourth-order valence-electron chi connectivity index (χ4n) is 2.04. The minimum atomic E-state index is -3.52. The fraction of sp³-hybridized carbons (Fsp3) is 0.600. The quantitative estimate of drug-likeness (QED) is 0.851. The van der Waals surface area contributed by atoms with E-state index < -0.39 is 10.0 Å². The lowest BCUT2D eigenvalue weighted by Gasteiger charge is -2.12. The van der Waals surface area contributed by atoms with Crippen molar-refractivity contribution < 1.29 is 8.42 Å². The molecule has 7 heteroatoms. The van der Waals surface area contributed by atoms with E-state index in [1.54, 1.807) is 0 Å². The van der Waals surface area contributed by atoms with E-state index in [2.05, 4.69) is 21.6 Å². The number of hydrogen-bond acceptors (Lipinski definition) is 4. The second-order valence-corrected chi connectivity index (χ2v) is 6.48. The van der Waals surface area contributed by atoms with Crippen molar-refractivity contribution in [2.45, 2.75) is 37.1 Å². The summed E-state index contributed by atoms with van der Waals surface area (Å²) >= 11 is 5.51. The van der Waals surface area contributed by atoms with Crippen LogP contribution in [0.4, 0.5) is 0 Å². The van der Waals surface area contributed by atoms with Crippen molar-refractivity contribution in [3.05, 3.63) is 17.7 Å². The number of rotatable bonds is 3. The molecule has 1 aromatic heterocycles. The summed E-state index contributed by atoms with van der Waals surface area (Å²) in [5, 5.41) is 0.0402. The van der Waals surface area contributed by atoms with Gasteiger partial charge >= 0.3 is 0 Å². The number of nitrogens with one attached hydrogen (secondary N) is 1. The van der Waals surface area contributed by atoms with Crippen molar-refractivity contribution in [1.82, 2.24) is 14.7 Å². The van der Waals surface area contributed by atoms with Crippen LogP contribution < -0.4 is 4.72 Å². The molecule has 0 amide bonds. The van der Waals surface area contributed by atoms with Gasteiger partial charge in [0.05, 0.1) is 12.4 Å². The Hall–Kier alpha value is -0.720. The number of hydrogen-bond donors (Lipinski definition) is 1. The van der Waals surface area contributed by atoms with Crippen LogP contribution in [0.1, 0.15) is 26.2 Å². The molecule has 0 aromatic carbocycles. The summed E-state index contributed by atoms with van der Waals surface area (Å²) < 4.78 is 26.6. The van der Waals surface area contributed by atoms with Gasteiger partial charge in [-0.25, -0.2) is 23.1 Å². The van der Waals surface area contributed by atoms with E-state index in [0.29, 0.717) is 5.92 Å². The van der Waals surface area contributed by atoms with E-state index in [9.17, 15) is 8.42 Å². The highest BCUT2D eigenvalue weighted by atomic mass is 35.5. The molecule has 2 rings (SSSR count). The summed E-state index contributed by atoms with van der Waals surface area (Å²) in [6.07, 6.45) is 5.26. The first-order valence-corrected chi connectivity index (χ1v) is 7.33. The molecule has 0 radical (unpaired) electrons. The van der Waals surface area contributed by atoms with Gasteiger partial charge in [-0.15, -0.1) is 0 Å². The molecular weight excluding hydrogens is 262 g/mol. The molecule has 1 fully saturated rings. The molecule has 2 unspecified atom stereocenters. The summed E-state index contributed by atoms with van der Waals surface area (Å²) in [6.45, 7) is 2.12. The maximum absolute atomic E-state index is 12.0. The molecule has 0 spiro atoms. The first-order chi connectivity index (χ1) is 7.97. The first-order valence-electron chi connectivity index (χ1n) is 5.47. The zero-order valence-corrected chi connectivity index (χ0v) is 11.0. The summed E-state index contributed by atoms with van der Waals surface area (Å²) in [4.78, 5) is 7.40. The third-order valence-electron chi connectivity index (χ3n) is 2.92. The summed E-state index contributed by atoms with van der Waals surface area (Å²) in [6, 6.07) is 0.0191. The van der Waals surface area contributed by atoms with Gasteiger partial charge in [0.1, 0.15) is 4.90 Å². The molecule has 1 aliphatic carbocycles. The SMILES string of the molecule is CC1CCC(NS(=O)(=O)c2cnc(Cl)nc2)C1. The van der Waals surface area contributed by atoms with Gasteiger partial charge in [-0.2, -0.15) is 0 Å². The van der Waals surface area contributed by atoms with Crippen molar-refractivity contribution in [3.8, 4) is 0 Å². The minimum absolute atomic E-state index is 0.0191. The third kappa shape index (κ3) is 3.14. The molecule has 1 N–H and O–H groups in total. The summed E-state index contributed by atoms with van der Waals surface area (Å²) in [5.41, 5.74) is 0. The maximum Gasteiger partial charge on any atom is 0.243 e. The Labute approximate surface area is 106 Å². The van der Waals surface area contributed by atoms with Crippen LogP contribution in [-0.2, 0) is 10.0 Å². The Morgan fingerprint density at radius 3 is 2.53 bits per heavy atom. The van der Waals surface area contributed by atoms with Gasteiger partial charge in [-0.1, -0.05) is 6.92 Å². The summed E-state index contributed by atoms with van der Waals surface area (Å²) in [5.74, 6) is 0.573. The van der Waals surface area contributed by atoms with Gasteiger partial charge in [0.15, 0.2) is 0 Å². The molecule has 5 nitrogen and oxygen atoms in total. The lowest BCUT2D eigenvalue weighted by molar-refractivity contribution is 0.538. The first kappa shape index (κ1) is 12.7. The Bertz CT molecular complexity index is 489. The molecule has 1 aromatic rings. The van der Waals surface area contributed by atoms with Gasteiger partial charge in [-0.05, 0) is 36.8 Å². The Balaban J connectivity index is 2.11. The Kier molecular flexibility index (Phi) is 3.65. The maximum atomic E-state index is 12.0. The molecule has 1 heterocycles. The van der Waals surface area contributed by atoms with E-state index in [1.165, 1.54) is 12.4 Å². The zero-order chi connectivity index (χ0) is 12.5. The Morgan fingerprint density at radius 2 is 2.00 bits per heavy atom. The van der Waals surface area contributed by atoms with E-state index in [1.807, 2.05) is 0 Å². The van der Waals surface area contributed by atoms with Crippen LogP contribution in [0, 0.1) is 5.92 Å². The number of aromatic nitrogens is 2. The normalized spacial score (nSPS) is 25.1. The van der Waals surface area contributed by atoms with E-state index in [0.717, 1.165) is 19.3 Å². The van der Waals surface area contributed by atoms with Gasteiger partial charge in [0.25, 0.3) is 0 Å². The fourth-order valence-corrected chi connectivity index (χ4v) is 3.31. The number of sulfonamides is 1. The van der Waals surface area contributed by atoms with Crippen molar-refractivity contribution in [2.24, 2.45) is 5.92 Å². The van der Waals surface area contributed by atoms with Crippen LogP contribution in [0.3, 0.4) is 0 Å². The van der Waals surface area contributed by atoms with E-state index >= 15 is 0 Å². The number of halogens is 1. The monoisotopic (exact) mass is 275 g/mol. The second kappa shape index (κ2) is 4.88. The van der Waals surface area contributed by atoms with Crippen molar-refractivity contribution in [2.75, 3.05) is 0 Å². The van der Waals surface area contributed by atoms with Gasteiger partial charge in [0.2, 0.25) is 15.3 Å². The summed E-state index contributed by atoms with van der Waals surface area (Å²) in [7, 11) is -3.52. The van der Waals surface area contributed by atoms with E-state index in [4.69, 9.17) is 11.6 Å². The van der Waals surface area contributed by atoms with E-state index in [-0.39, 0.29) is 16.2 Å². The minimum Gasteiger partial charge on any atom is -0.225 e.